The summed E-state index contributed by atoms with van der Waals surface area (Å²) in [5, 5.41) is 22.9. The Morgan fingerprint density at radius 1 is 1.18 bits per heavy atom. The van der Waals surface area contributed by atoms with Gasteiger partial charge in [-0.15, -0.1) is 0 Å². The lowest BCUT2D eigenvalue weighted by atomic mass is 9.98. The van der Waals surface area contributed by atoms with E-state index in [1.165, 1.54) is 30.4 Å². The lowest BCUT2D eigenvalue weighted by molar-refractivity contribution is -0.126. The van der Waals surface area contributed by atoms with E-state index in [4.69, 9.17) is 16.3 Å². The number of pyridine rings is 1. The Morgan fingerprint density at radius 3 is 2.45 bits per heavy atom. The second-order valence-corrected chi connectivity index (χ2v) is 10.0. The molecule has 1 aromatic heterocycles. The third kappa shape index (κ3) is 4.81. The number of methoxy groups -OCH3 is 1. The van der Waals surface area contributed by atoms with Crippen molar-refractivity contribution in [2.45, 2.75) is 32.7 Å². The first-order valence-electron chi connectivity index (χ1n) is 12.1. The van der Waals surface area contributed by atoms with E-state index in [-0.39, 0.29) is 40.8 Å². The zero-order valence-electron chi connectivity index (χ0n) is 21.5. The third-order valence-electron chi connectivity index (χ3n) is 7.01. The van der Waals surface area contributed by atoms with Crippen LogP contribution >= 0.6 is 11.6 Å². The van der Waals surface area contributed by atoms with Crippen LogP contribution in [0.15, 0.2) is 35.3 Å². The topological polar surface area (TPSA) is 112 Å². The van der Waals surface area contributed by atoms with Crippen LogP contribution in [0.1, 0.15) is 47.8 Å². The molecule has 0 spiro atoms. The molecule has 1 atom stereocenters. The first-order chi connectivity index (χ1) is 18.0. The summed E-state index contributed by atoms with van der Waals surface area (Å²) in [6.45, 7) is 3.90. The Morgan fingerprint density at radius 2 is 1.89 bits per heavy atom. The van der Waals surface area contributed by atoms with E-state index < -0.39 is 28.8 Å². The zero-order chi connectivity index (χ0) is 27.9. The molecule has 1 aliphatic rings. The number of fused-ring (bicyclic) bond motifs is 1. The van der Waals surface area contributed by atoms with Crippen molar-refractivity contribution in [3.05, 3.63) is 68.2 Å². The van der Waals surface area contributed by atoms with E-state index in [0.717, 1.165) is 0 Å². The molecule has 2 aromatic carbocycles. The molecule has 4 rings (SSSR count). The SMILES string of the molecule is COc1cc2c(cc1Cc1cc(N3CCC(=O)N3C)cc(Cl)c1F)c(=O)c(C(=O)O)cn2[C@H](CO)C(C)C. The fraction of sp³-hybridized carbons (Fsp3) is 0.370. The van der Waals surface area contributed by atoms with Crippen molar-refractivity contribution in [3.8, 4) is 5.75 Å². The number of anilines is 1. The van der Waals surface area contributed by atoms with E-state index in [1.54, 1.807) is 28.8 Å². The first kappa shape index (κ1) is 27.4. The summed E-state index contributed by atoms with van der Waals surface area (Å²) in [5.74, 6) is -1.84. The molecule has 0 bridgehead atoms. The summed E-state index contributed by atoms with van der Waals surface area (Å²) in [5.41, 5.74) is 0.441. The van der Waals surface area contributed by atoms with Crippen LogP contribution in [0.3, 0.4) is 0 Å². The number of rotatable bonds is 8. The summed E-state index contributed by atoms with van der Waals surface area (Å²) in [6.07, 6.45) is 1.54. The minimum absolute atomic E-state index is 0.0195. The van der Waals surface area contributed by atoms with Gasteiger partial charge in [0.05, 0.1) is 36.0 Å². The predicted molar refractivity (Wildman–Crippen MR) is 142 cm³/mol. The number of nitrogens with zero attached hydrogens (tertiary/aromatic N) is 3. The van der Waals surface area contributed by atoms with Crippen molar-refractivity contribution in [2.75, 3.05) is 32.3 Å². The highest BCUT2D eigenvalue weighted by Crippen LogP contribution is 2.34. The molecule has 202 valence electrons. The fourth-order valence-electron chi connectivity index (χ4n) is 4.86. The molecule has 11 heteroatoms. The maximum atomic E-state index is 15.2. The summed E-state index contributed by atoms with van der Waals surface area (Å²) in [4.78, 5) is 37.1. The number of aromatic nitrogens is 1. The summed E-state index contributed by atoms with van der Waals surface area (Å²) >= 11 is 6.22. The number of carbonyl (C=O) groups excluding carboxylic acids is 1. The molecule has 2 heterocycles. The number of hydrogen-bond acceptors (Lipinski definition) is 6. The maximum Gasteiger partial charge on any atom is 0.341 e. The van der Waals surface area contributed by atoms with Crippen molar-refractivity contribution in [2.24, 2.45) is 5.92 Å². The van der Waals surface area contributed by atoms with Crippen LogP contribution in [-0.2, 0) is 11.2 Å². The molecule has 1 aliphatic heterocycles. The molecule has 1 amide bonds. The Balaban J connectivity index is 1.90. The highest BCUT2D eigenvalue weighted by Gasteiger charge is 2.28. The highest BCUT2D eigenvalue weighted by molar-refractivity contribution is 6.31. The van der Waals surface area contributed by atoms with Gasteiger partial charge in [0.1, 0.15) is 17.1 Å². The molecule has 1 fully saturated rings. The van der Waals surface area contributed by atoms with Crippen LogP contribution in [0.4, 0.5) is 10.1 Å². The number of hydrogen-bond donors (Lipinski definition) is 2. The van der Waals surface area contributed by atoms with Crippen molar-refractivity contribution >= 4 is 40.1 Å². The van der Waals surface area contributed by atoms with Crippen LogP contribution < -0.4 is 15.2 Å². The number of halogens is 2. The number of carboxylic acids is 1. The van der Waals surface area contributed by atoms with Gasteiger partial charge in [-0.25, -0.2) is 9.18 Å². The molecule has 0 radical (unpaired) electrons. The van der Waals surface area contributed by atoms with Gasteiger partial charge in [0, 0.05) is 44.1 Å². The van der Waals surface area contributed by atoms with E-state index in [0.29, 0.717) is 35.5 Å². The number of carboxylic acid groups (broad SMARTS) is 1. The van der Waals surface area contributed by atoms with Crippen LogP contribution in [0, 0.1) is 11.7 Å². The second-order valence-electron chi connectivity index (χ2n) is 9.63. The van der Waals surface area contributed by atoms with Gasteiger partial charge in [-0.2, -0.15) is 0 Å². The molecule has 1 saturated heterocycles. The van der Waals surface area contributed by atoms with Crippen LogP contribution in [-0.4, -0.2) is 59.0 Å². The lowest BCUT2D eigenvalue weighted by Crippen LogP contribution is -2.35. The minimum atomic E-state index is -1.39. The molecule has 9 nitrogen and oxygen atoms in total. The molecule has 0 unspecified atom stereocenters. The molecule has 38 heavy (non-hydrogen) atoms. The van der Waals surface area contributed by atoms with Gasteiger partial charge in [-0.3, -0.25) is 19.6 Å². The van der Waals surface area contributed by atoms with E-state index in [2.05, 4.69) is 0 Å². The monoisotopic (exact) mass is 545 g/mol. The number of benzene rings is 2. The molecule has 3 aromatic rings. The van der Waals surface area contributed by atoms with Crippen LogP contribution in [0.25, 0.3) is 10.9 Å². The van der Waals surface area contributed by atoms with E-state index in [9.17, 15) is 24.6 Å². The van der Waals surface area contributed by atoms with Gasteiger partial charge >= 0.3 is 5.97 Å². The van der Waals surface area contributed by atoms with Crippen LogP contribution in [0.2, 0.25) is 5.02 Å². The van der Waals surface area contributed by atoms with Gasteiger partial charge in [-0.05, 0) is 35.2 Å². The Kier molecular flexibility index (Phi) is 7.66. The van der Waals surface area contributed by atoms with Gasteiger partial charge < -0.3 is 19.5 Å². The zero-order valence-corrected chi connectivity index (χ0v) is 22.3. The lowest BCUT2D eigenvalue weighted by Gasteiger charge is -2.27. The Bertz CT molecular complexity index is 1490. The average molecular weight is 546 g/mol. The van der Waals surface area contributed by atoms with Crippen molar-refractivity contribution < 1.29 is 28.9 Å². The maximum absolute atomic E-state index is 15.2. The van der Waals surface area contributed by atoms with Crippen molar-refractivity contribution in [3.63, 3.8) is 0 Å². The Hall–Kier alpha value is -3.63. The van der Waals surface area contributed by atoms with Gasteiger partial charge in [0.2, 0.25) is 11.3 Å². The van der Waals surface area contributed by atoms with Crippen molar-refractivity contribution in [1.29, 1.82) is 0 Å². The summed E-state index contributed by atoms with van der Waals surface area (Å²) in [7, 11) is 3.07. The smallest absolute Gasteiger partial charge is 0.341 e. The number of carbonyl (C=O) groups is 2. The standard InChI is InChI=1S/C27H29ClFN3O6/c1-14(2)22(13-33)31-12-19(27(36)37)26(35)18-9-15(23(38-4)11-21(18)31)7-16-8-17(10-20(28)25(16)29)32-6-5-24(34)30(32)3/h8-12,14,22,33H,5-7,13H2,1-4H3,(H,36,37)/t22-/m1/s1. The Labute approximate surface area is 223 Å². The number of aliphatic hydroxyl groups is 1. The fourth-order valence-corrected chi connectivity index (χ4v) is 5.09. The highest BCUT2D eigenvalue weighted by atomic mass is 35.5. The normalized spacial score (nSPS) is 14.6. The largest absolute Gasteiger partial charge is 0.496 e. The second kappa shape index (κ2) is 10.6. The van der Waals surface area contributed by atoms with Gasteiger partial charge in [0.25, 0.3) is 0 Å². The quantitative estimate of drug-likeness (QED) is 0.442. The average Bonchev–Trinajstić information content (AvgIpc) is 3.20. The van der Waals surface area contributed by atoms with Crippen molar-refractivity contribution in [1.82, 2.24) is 9.58 Å². The van der Waals surface area contributed by atoms with Gasteiger partial charge in [-0.1, -0.05) is 25.4 Å². The molecule has 2 N–H and O–H groups in total. The number of aliphatic hydroxyl groups excluding tert-OH is 1. The molecule has 0 aliphatic carbocycles. The molecule has 0 saturated carbocycles. The summed E-state index contributed by atoms with van der Waals surface area (Å²) in [6, 6.07) is 5.64. The minimum Gasteiger partial charge on any atom is -0.496 e. The molecular formula is C27H29ClFN3O6. The summed E-state index contributed by atoms with van der Waals surface area (Å²) < 4.78 is 22.4. The van der Waals surface area contributed by atoms with E-state index >= 15 is 4.39 Å². The molecular weight excluding hydrogens is 517 g/mol. The number of ether oxygens (including phenoxy) is 1. The predicted octanol–water partition coefficient (Wildman–Crippen LogP) is 3.86. The number of hydrazine groups is 1. The number of aromatic carboxylic acids is 1. The van der Waals surface area contributed by atoms with Crippen LogP contribution in [0.5, 0.6) is 5.75 Å². The number of amides is 1. The van der Waals surface area contributed by atoms with E-state index in [1.807, 2.05) is 13.8 Å². The first-order valence-corrected chi connectivity index (χ1v) is 12.5. The third-order valence-corrected chi connectivity index (χ3v) is 7.28. The van der Waals surface area contributed by atoms with Gasteiger partial charge in [0.15, 0.2) is 0 Å².